The molecule has 0 aliphatic rings. The molecule has 2 atom stereocenters. The molecule has 0 radical (unpaired) electrons. The van der Waals surface area contributed by atoms with Crippen molar-refractivity contribution in [2.45, 2.75) is 31.7 Å². The fraction of sp³-hybridized carbons (Fsp3) is 0.292. The Balaban J connectivity index is 1.57. The number of hydrogen-bond acceptors (Lipinski definition) is 3. The van der Waals surface area contributed by atoms with E-state index in [1.54, 1.807) is 7.11 Å². The molecule has 1 heterocycles. The van der Waals surface area contributed by atoms with Crippen LogP contribution in [0.3, 0.4) is 0 Å². The Bertz CT molecular complexity index is 748. The highest BCUT2D eigenvalue weighted by molar-refractivity contribution is 5.29. The summed E-state index contributed by atoms with van der Waals surface area (Å²) in [6.07, 6.45) is 3.91. The number of nitrogens with one attached hydrogen (secondary N) is 1. The molecule has 3 nitrogen and oxygen atoms in total. The third kappa shape index (κ3) is 5.66. The predicted octanol–water partition coefficient (Wildman–Crippen LogP) is 4.83. The first-order valence-corrected chi connectivity index (χ1v) is 9.58. The summed E-state index contributed by atoms with van der Waals surface area (Å²) in [6, 6.07) is 25.6. The molecule has 0 fully saturated rings. The number of ether oxygens (including phenoxy) is 1. The van der Waals surface area contributed by atoms with Gasteiger partial charge in [-0.2, -0.15) is 0 Å². The zero-order valence-corrected chi connectivity index (χ0v) is 16.1. The molecular weight excluding hydrogens is 332 g/mol. The molecule has 0 bridgehead atoms. The van der Waals surface area contributed by atoms with E-state index in [0.29, 0.717) is 12.0 Å². The standard InChI is InChI=1S/C24H28N2O/c1-19(18-20-11-13-22(27-2)14-12-20)25-17-15-23(21-8-4-3-5-9-21)24-10-6-7-16-26-24/h3-14,16,19,23,25H,15,17-18H2,1-2H3. The number of methoxy groups -OCH3 is 1. The lowest BCUT2D eigenvalue weighted by Gasteiger charge is -2.20. The summed E-state index contributed by atoms with van der Waals surface area (Å²) in [4.78, 5) is 4.60. The van der Waals surface area contributed by atoms with Crippen LogP contribution in [0.5, 0.6) is 5.75 Å². The van der Waals surface area contributed by atoms with E-state index in [9.17, 15) is 0 Å². The van der Waals surface area contributed by atoms with E-state index < -0.39 is 0 Å². The lowest BCUT2D eigenvalue weighted by Crippen LogP contribution is -2.30. The second-order valence-electron chi connectivity index (χ2n) is 6.91. The van der Waals surface area contributed by atoms with Crippen LogP contribution in [-0.4, -0.2) is 24.7 Å². The van der Waals surface area contributed by atoms with Crippen LogP contribution in [-0.2, 0) is 6.42 Å². The third-order valence-corrected chi connectivity index (χ3v) is 4.87. The first-order valence-electron chi connectivity index (χ1n) is 9.58. The van der Waals surface area contributed by atoms with Crippen LogP contribution in [0.2, 0.25) is 0 Å². The van der Waals surface area contributed by atoms with Crippen molar-refractivity contribution in [1.29, 1.82) is 0 Å². The van der Waals surface area contributed by atoms with Gasteiger partial charge >= 0.3 is 0 Å². The summed E-state index contributed by atoms with van der Waals surface area (Å²) in [5.74, 6) is 1.22. The summed E-state index contributed by atoms with van der Waals surface area (Å²) in [7, 11) is 1.70. The van der Waals surface area contributed by atoms with E-state index in [1.807, 2.05) is 24.4 Å². The van der Waals surface area contributed by atoms with Crippen molar-refractivity contribution in [1.82, 2.24) is 10.3 Å². The van der Waals surface area contributed by atoms with Gasteiger partial charge in [0.2, 0.25) is 0 Å². The molecule has 3 aromatic rings. The maximum absolute atomic E-state index is 5.23. The van der Waals surface area contributed by atoms with E-state index in [2.05, 4.69) is 71.8 Å². The fourth-order valence-corrected chi connectivity index (χ4v) is 3.41. The summed E-state index contributed by atoms with van der Waals surface area (Å²) in [6.45, 7) is 3.19. The van der Waals surface area contributed by atoms with Crippen molar-refractivity contribution >= 4 is 0 Å². The largest absolute Gasteiger partial charge is 0.497 e. The Kier molecular flexibility index (Phi) is 7.00. The summed E-state index contributed by atoms with van der Waals surface area (Å²) in [5, 5.41) is 3.67. The molecule has 1 N–H and O–H groups in total. The molecule has 140 valence electrons. The Morgan fingerprint density at radius 2 is 1.67 bits per heavy atom. The highest BCUT2D eigenvalue weighted by Crippen LogP contribution is 2.26. The van der Waals surface area contributed by atoms with E-state index >= 15 is 0 Å². The van der Waals surface area contributed by atoms with Gasteiger partial charge in [0.05, 0.1) is 7.11 Å². The number of hydrogen-bond donors (Lipinski definition) is 1. The minimum absolute atomic E-state index is 0.313. The van der Waals surface area contributed by atoms with E-state index in [-0.39, 0.29) is 0 Å². The lowest BCUT2D eigenvalue weighted by molar-refractivity contribution is 0.414. The van der Waals surface area contributed by atoms with Crippen LogP contribution in [0.25, 0.3) is 0 Å². The van der Waals surface area contributed by atoms with Crippen molar-refractivity contribution < 1.29 is 4.74 Å². The van der Waals surface area contributed by atoms with E-state index in [1.165, 1.54) is 11.1 Å². The number of pyridine rings is 1. The van der Waals surface area contributed by atoms with Crippen LogP contribution < -0.4 is 10.1 Å². The first-order chi connectivity index (χ1) is 13.3. The van der Waals surface area contributed by atoms with E-state index in [0.717, 1.165) is 30.8 Å². The van der Waals surface area contributed by atoms with Gasteiger partial charge in [-0.25, -0.2) is 0 Å². The lowest BCUT2D eigenvalue weighted by atomic mass is 9.92. The predicted molar refractivity (Wildman–Crippen MR) is 111 cm³/mol. The van der Waals surface area contributed by atoms with Gasteiger partial charge in [-0.05, 0) is 61.7 Å². The van der Waals surface area contributed by atoms with Crippen molar-refractivity contribution in [2.75, 3.05) is 13.7 Å². The molecular formula is C24H28N2O. The quantitative estimate of drug-likeness (QED) is 0.593. The Hall–Kier alpha value is -2.65. The molecule has 0 aliphatic heterocycles. The Morgan fingerprint density at radius 1 is 0.926 bits per heavy atom. The van der Waals surface area contributed by atoms with Crippen LogP contribution in [0.15, 0.2) is 79.0 Å². The van der Waals surface area contributed by atoms with Gasteiger partial charge in [0, 0.05) is 23.9 Å². The number of aromatic nitrogens is 1. The average molecular weight is 361 g/mol. The van der Waals surface area contributed by atoms with Crippen LogP contribution >= 0.6 is 0 Å². The summed E-state index contributed by atoms with van der Waals surface area (Å²) < 4.78 is 5.23. The van der Waals surface area contributed by atoms with Gasteiger partial charge in [-0.1, -0.05) is 48.5 Å². The minimum Gasteiger partial charge on any atom is -0.497 e. The average Bonchev–Trinajstić information content (AvgIpc) is 2.73. The van der Waals surface area contributed by atoms with Crippen LogP contribution in [0.4, 0.5) is 0 Å². The third-order valence-electron chi connectivity index (χ3n) is 4.87. The molecule has 0 saturated heterocycles. The molecule has 0 spiro atoms. The second kappa shape index (κ2) is 9.89. The van der Waals surface area contributed by atoms with Crippen molar-refractivity contribution in [3.05, 3.63) is 95.8 Å². The highest BCUT2D eigenvalue weighted by Gasteiger charge is 2.15. The van der Waals surface area contributed by atoms with Gasteiger partial charge in [0.1, 0.15) is 5.75 Å². The topological polar surface area (TPSA) is 34.1 Å². The van der Waals surface area contributed by atoms with Gasteiger partial charge in [0.15, 0.2) is 0 Å². The molecule has 3 heteroatoms. The molecule has 27 heavy (non-hydrogen) atoms. The maximum Gasteiger partial charge on any atom is 0.118 e. The zero-order valence-electron chi connectivity index (χ0n) is 16.1. The number of rotatable bonds is 9. The monoisotopic (exact) mass is 360 g/mol. The van der Waals surface area contributed by atoms with Gasteiger partial charge < -0.3 is 10.1 Å². The smallest absolute Gasteiger partial charge is 0.118 e. The molecule has 3 rings (SSSR count). The van der Waals surface area contributed by atoms with E-state index in [4.69, 9.17) is 4.74 Å². The van der Waals surface area contributed by atoms with Crippen LogP contribution in [0, 0.1) is 0 Å². The SMILES string of the molecule is COc1ccc(CC(C)NCCC(c2ccccc2)c2ccccn2)cc1. The second-order valence-corrected chi connectivity index (χ2v) is 6.91. The zero-order chi connectivity index (χ0) is 18.9. The van der Waals surface area contributed by atoms with Crippen molar-refractivity contribution in [3.63, 3.8) is 0 Å². The van der Waals surface area contributed by atoms with Gasteiger partial charge in [-0.3, -0.25) is 4.98 Å². The van der Waals surface area contributed by atoms with Crippen molar-refractivity contribution in [3.8, 4) is 5.75 Å². The Morgan fingerprint density at radius 3 is 2.33 bits per heavy atom. The highest BCUT2D eigenvalue weighted by atomic mass is 16.5. The van der Waals surface area contributed by atoms with Gasteiger partial charge in [-0.15, -0.1) is 0 Å². The summed E-state index contributed by atoms with van der Waals surface area (Å²) >= 11 is 0. The van der Waals surface area contributed by atoms with Crippen LogP contribution in [0.1, 0.15) is 36.1 Å². The number of benzene rings is 2. The normalized spacial score (nSPS) is 13.1. The minimum atomic E-state index is 0.313. The molecule has 2 unspecified atom stereocenters. The van der Waals surface area contributed by atoms with Gasteiger partial charge in [0.25, 0.3) is 0 Å². The molecule has 1 aromatic heterocycles. The van der Waals surface area contributed by atoms with Crippen molar-refractivity contribution in [2.24, 2.45) is 0 Å². The maximum atomic E-state index is 5.23. The summed E-state index contributed by atoms with van der Waals surface area (Å²) in [5.41, 5.74) is 3.77. The molecule has 0 aliphatic carbocycles. The number of nitrogens with zero attached hydrogens (tertiary/aromatic N) is 1. The molecule has 0 saturated carbocycles. The molecule has 2 aromatic carbocycles. The first kappa shape index (κ1) is 19.1. The fourth-order valence-electron chi connectivity index (χ4n) is 3.41. The Labute approximate surface area is 162 Å². The molecule has 0 amide bonds.